The fourth-order valence-corrected chi connectivity index (χ4v) is 7.04. The molecule has 0 amide bonds. The molecule has 0 radical (unpaired) electrons. The van der Waals surface area contributed by atoms with Crippen molar-refractivity contribution in [2.75, 3.05) is 8.86 Å². The van der Waals surface area contributed by atoms with Crippen molar-refractivity contribution in [3.8, 4) is 11.1 Å². The molecule has 0 spiro atoms. The standard InChI is InChI=1S/C27H35BrI2S/c1-3-19(7-5-13-29)17-27(18-20(4-2)8-6-14-30)25-15-21(28)9-11-23(25)24-12-10-22(31)16-26(24)27/h9-12,15-16,19-20,31H,3-8,13-14,17-18H2,1-2H3. The van der Waals surface area contributed by atoms with Crippen molar-refractivity contribution in [3.63, 3.8) is 0 Å². The van der Waals surface area contributed by atoms with Crippen LogP contribution in [0.4, 0.5) is 0 Å². The zero-order valence-electron chi connectivity index (χ0n) is 18.8. The lowest BCUT2D eigenvalue weighted by atomic mass is 9.65. The van der Waals surface area contributed by atoms with Gasteiger partial charge < -0.3 is 0 Å². The summed E-state index contributed by atoms with van der Waals surface area (Å²) in [4.78, 5) is 1.09. The molecule has 2 atom stereocenters. The fraction of sp³-hybridized carbons (Fsp3) is 0.556. The molecule has 1 aliphatic rings. The van der Waals surface area contributed by atoms with Crippen LogP contribution in [0, 0.1) is 11.8 Å². The summed E-state index contributed by atoms with van der Waals surface area (Å²) in [6.07, 6.45) is 10.4. The Hall–Kier alpha value is 0.730. The largest absolute Gasteiger partial charge is 0.143 e. The quantitative estimate of drug-likeness (QED) is 0.126. The van der Waals surface area contributed by atoms with Gasteiger partial charge in [0, 0.05) is 14.8 Å². The van der Waals surface area contributed by atoms with Crippen molar-refractivity contribution in [2.45, 2.75) is 75.5 Å². The van der Waals surface area contributed by atoms with Gasteiger partial charge in [0.25, 0.3) is 0 Å². The van der Waals surface area contributed by atoms with E-state index >= 15 is 0 Å². The normalized spacial score (nSPS) is 19.2. The number of fused-ring (bicyclic) bond motifs is 3. The summed E-state index contributed by atoms with van der Waals surface area (Å²) >= 11 is 13.7. The first-order chi connectivity index (χ1) is 15.0. The Morgan fingerprint density at radius 1 is 0.839 bits per heavy atom. The van der Waals surface area contributed by atoms with Crippen molar-refractivity contribution in [2.24, 2.45) is 11.8 Å². The number of benzene rings is 2. The highest BCUT2D eigenvalue weighted by atomic mass is 127. The molecule has 2 aromatic rings. The van der Waals surface area contributed by atoms with E-state index in [1.54, 1.807) is 5.56 Å². The average molecular weight is 725 g/mol. The number of halogens is 3. The van der Waals surface area contributed by atoms with Gasteiger partial charge >= 0.3 is 0 Å². The van der Waals surface area contributed by atoms with Crippen molar-refractivity contribution in [1.29, 1.82) is 0 Å². The minimum absolute atomic E-state index is 0.102. The molecule has 0 nitrogen and oxygen atoms in total. The molecular formula is C27H35BrI2S. The van der Waals surface area contributed by atoms with Crippen LogP contribution < -0.4 is 0 Å². The maximum atomic E-state index is 4.79. The monoisotopic (exact) mass is 724 g/mol. The van der Waals surface area contributed by atoms with Gasteiger partial charge in [0.1, 0.15) is 0 Å². The number of thiol groups is 1. The molecule has 2 aromatic carbocycles. The third kappa shape index (κ3) is 6.05. The number of hydrogen-bond acceptors (Lipinski definition) is 1. The molecule has 0 N–H and O–H groups in total. The van der Waals surface area contributed by atoms with E-state index in [4.69, 9.17) is 12.6 Å². The van der Waals surface area contributed by atoms with Gasteiger partial charge in [-0.25, -0.2) is 0 Å². The molecule has 0 fully saturated rings. The molecule has 2 unspecified atom stereocenters. The molecule has 0 saturated heterocycles. The first-order valence-electron chi connectivity index (χ1n) is 11.7. The molecular weight excluding hydrogens is 690 g/mol. The average Bonchev–Trinajstić information content (AvgIpc) is 3.02. The van der Waals surface area contributed by atoms with E-state index in [0.29, 0.717) is 0 Å². The van der Waals surface area contributed by atoms with Crippen LogP contribution in [0.25, 0.3) is 11.1 Å². The van der Waals surface area contributed by atoms with E-state index < -0.39 is 0 Å². The smallest absolute Gasteiger partial charge is 0.0221 e. The van der Waals surface area contributed by atoms with Gasteiger partial charge in [0.2, 0.25) is 0 Å². The van der Waals surface area contributed by atoms with E-state index in [9.17, 15) is 0 Å². The second kappa shape index (κ2) is 12.4. The highest BCUT2D eigenvalue weighted by Gasteiger charge is 2.45. The fourth-order valence-electron chi connectivity index (χ4n) is 5.60. The van der Waals surface area contributed by atoms with Crippen LogP contribution in [0.3, 0.4) is 0 Å². The third-order valence-electron chi connectivity index (χ3n) is 7.23. The molecule has 0 aromatic heterocycles. The van der Waals surface area contributed by atoms with E-state index in [0.717, 1.165) is 16.7 Å². The van der Waals surface area contributed by atoms with Crippen molar-refractivity contribution in [3.05, 3.63) is 52.0 Å². The summed E-state index contributed by atoms with van der Waals surface area (Å²) in [7, 11) is 0. The molecule has 170 valence electrons. The molecule has 0 saturated carbocycles. The van der Waals surface area contributed by atoms with Crippen LogP contribution in [-0.4, -0.2) is 8.86 Å². The summed E-state index contributed by atoms with van der Waals surface area (Å²) in [5, 5.41) is 0. The molecule has 3 rings (SSSR count). The zero-order chi connectivity index (χ0) is 22.4. The summed E-state index contributed by atoms with van der Waals surface area (Å²) in [6, 6.07) is 13.9. The van der Waals surface area contributed by atoms with Crippen LogP contribution in [0.15, 0.2) is 45.8 Å². The lowest BCUT2D eigenvalue weighted by Crippen LogP contribution is -2.31. The first kappa shape index (κ1) is 26.3. The third-order valence-corrected chi connectivity index (χ3v) is 9.52. The van der Waals surface area contributed by atoms with E-state index in [1.165, 1.54) is 81.4 Å². The molecule has 0 heterocycles. The predicted octanol–water partition coefficient (Wildman–Crippen LogP) is 10.3. The van der Waals surface area contributed by atoms with E-state index in [-0.39, 0.29) is 5.41 Å². The van der Waals surface area contributed by atoms with E-state index in [2.05, 4.69) is 111 Å². The van der Waals surface area contributed by atoms with Gasteiger partial charge in [-0.15, -0.1) is 12.6 Å². The Morgan fingerprint density at radius 2 is 1.35 bits per heavy atom. The molecule has 0 aliphatic heterocycles. The highest BCUT2D eigenvalue weighted by Crippen LogP contribution is 2.57. The second-order valence-corrected chi connectivity index (χ2v) is 12.7. The minimum atomic E-state index is 0.102. The Bertz CT molecular complexity index is 795. The van der Waals surface area contributed by atoms with Crippen LogP contribution >= 0.6 is 73.7 Å². The maximum absolute atomic E-state index is 4.79. The Kier molecular flexibility index (Phi) is 10.6. The van der Waals surface area contributed by atoms with Crippen molar-refractivity contribution < 1.29 is 0 Å². The van der Waals surface area contributed by atoms with Gasteiger partial charge in [-0.2, -0.15) is 0 Å². The summed E-state index contributed by atoms with van der Waals surface area (Å²) in [6.45, 7) is 4.79. The molecule has 31 heavy (non-hydrogen) atoms. The number of rotatable bonds is 12. The van der Waals surface area contributed by atoms with Gasteiger partial charge in [-0.1, -0.05) is 99.9 Å². The number of hydrogen-bond donors (Lipinski definition) is 1. The minimum Gasteiger partial charge on any atom is -0.143 e. The highest BCUT2D eigenvalue weighted by molar-refractivity contribution is 14.1. The first-order valence-corrected chi connectivity index (χ1v) is 16.0. The Balaban J connectivity index is 2.16. The SMILES string of the molecule is CCC(CCCI)CC1(CC(CC)CCCI)c2cc(S)ccc2-c2ccc(Br)cc21. The second-order valence-electron chi connectivity index (χ2n) is 9.12. The van der Waals surface area contributed by atoms with Gasteiger partial charge in [0.15, 0.2) is 0 Å². The van der Waals surface area contributed by atoms with Crippen LogP contribution in [-0.2, 0) is 5.41 Å². The Morgan fingerprint density at radius 3 is 1.87 bits per heavy atom. The van der Waals surface area contributed by atoms with Gasteiger partial charge in [0.05, 0.1) is 0 Å². The zero-order valence-corrected chi connectivity index (χ0v) is 25.6. The summed E-state index contributed by atoms with van der Waals surface area (Å²) in [5.41, 5.74) is 6.07. The maximum Gasteiger partial charge on any atom is 0.0221 e. The van der Waals surface area contributed by atoms with Crippen LogP contribution in [0.5, 0.6) is 0 Å². The topological polar surface area (TPSA) is 0 Å². The van der Waals surface area contributed by atoms with Crippen LogP contribution in [0.1, 0.15) is 76.3 Å². The molecule has 0 bridgehead atoms. The van der Waals surface area contributed by atoms with Crippen LogP contribution in [0.2, 0.25) is 0 Å². The van der Waals surface area contributed by atoms with Gasteiger partial charge in [-0.05, 0) is 106 Å². The van der Waals surface area contributed by atoms with Crippen molar-refractivity contribution >= 4 is 73.7 Å². The Labute approximate surface area is 231 Å². The predicted molar refractivity (Wildman–Crippen MR) is 161 cm³/mol. The van der Waals surface area contributed by atoms with Gasteiger partial charge in [-0.3, -0.25) is 0 Å². The summed E-state index contributed by atoms with van der Waals surface area (Å²) in [5.74, 6) is 1.52. The lowest BCUT2D eigenvalue weighted by Gasteiger charge is -2.38. The van der Waals surface area contributed by atoms with E-state index in [1.807, 2.05) is 0 Å². The summed E-state index contributed by atoms with van der Waals surface area (Å²) < 4.78 is 3.72. The number of alkyl halides is 2. The van der Waals surface area contributed by atoms with Crippen molar-refractivity contribution in [1.82, 2.24) is 0 Å². The lowest BCUT2D eigenvalue weighted by molar-refractivity contribution is 0.270. The molecule has 1 aliphatic carbocycles. The molecule has 4 heteroatoms.